The second-order valence-electron chi connectivity index (χ2n) is 2.53. The van der Waals surface area contributed by atoms with Crippen LogP contribution in [0, 0.1) is 0 Å². The highest BCUT2D eigenvalue weighted by Crippen LogP contribution is 2.09. The van der Waals surface area contributed by atoms with E-state index >= 15 is 0 Å². The number of nitrogens with zero attached hydrogens (tertiary/aromatic N) is 4. The van der Waals surface area contributed by atoms with Gasteiger partial charge in [0.15, 0.2) is 11.3 Å². The van der Waals surface area contributed by atoms with Crippen LogP contribution in [0.5, 0.6) is 0 Å². The van der Waals surface area contributed by atoms with Crippen LogP contribution < -0.4 is 0 Å². The number of H-pyrrole nitrogens is 1. The summed E-state index contributed by atoms with van der Waals surface area (Å²) in [4.78, 5) is 4.18. The standard InChI is InChI=1S/C7H5N5/c1-2-10-12-6(1)8-3-5-4-9-11-7(5)12/h1-4H,(H,9,11). The quantitative estimate of drug-likeness (QED) is 0.522. The predicted molar refractivity (Wildman–Crippen MR) is 42.6 cm³/mol. The minimum absolute atomic E-state index is 0.826. The predicted octanol–water partition coefficient (Wildman–Crippen LogP) is 0.606. The first-order valence-corrected chi connectivity index (χ1v) is 3.57. The van der Waals surface area contributed by atoms with Crippen molar-refractivity contribution in [3.63, 3.8) is 0 Å². The van der Waals surface area contributed by atoms with E-state index in [9.17, 15) is 0 Å². The summed E-state index contributed by atoms with van der Waals surface area (Å²) in [6.45, 7) is 0. The Morgan fingerprint density at radius 1 is 1.33 bits per heavy atom. The lowest BCUT2D eigenvalue weighted by molar-refractivity contribution is 0.950. The van der Waals surface area contributed by atoms with Gasteiger partial charge in [-0.05, 0) is 0 Å². The van der Waals surface area contributed by atoms with Crippen molar-refractivity contribution in [2.75, 3.05) is 0 Å². The SMILES string of the molecule is c1cc2ncc3cn[nH]c3n2n1. The summed E-state index contributed by atoms with van der Waals surface area (Å²) >= 11 is 0. The van der Waals surface area contributed by atoms with Crippen molar-refractivity contribution in [3.05, 3.63) is 24.7 Å². The maximum Gasteiger partial charge on any atom is 0.160 e. The lowest BCUT2D eigenvalue weighted by Crippen LogP contribution is -1.91. The van der Waals surface area contributed by atoms with Gasteiger partial charge in [-0.3, -0.25) is 5.10 Å². The van der Waals surface area contributed by atoms with Crippen LogP contribution in [0.3, 0.4) is 0 Å². The Morgan fingerprint density at radius 2 is 2.33 bits per heavy atom. The molecule has 12 heavy (non-hydrogen) atoms. The van der Waals surface area contributed by atoms with Gasteiger partial charge in [-0.2, -0.15) is 14.7 Å². The van der Waals surface area contributed by atoms with Crippen molar-refractivity contribution in [1.82, 2.24) is 24.8 Å². The molecule has 0 spiro atoms. The second kappa shape index (κ2) is 1.82. The van der Waals surface area contributed by atoms with E-state index in [0.29, 0.717) is 0 Å². The maximum atomic E-state index is 4.18. The van der Waals surface area contributed by atoms with E-state index in [2.05, 4.69) is 20.3 Å². The molecule has 0 saturated heterocycles. The second-order valence-corrected chi connectivity index (χ2v) is 2.53. The minimum atomic E-state index is 0.826. The molecule has 0 atom stereocenters. The van der Waals surface area contributed by atoms with Gasteiger partial charge < -0.3 is 0 Å². The Balaban J connectivity index is 2.71. The Hall–Kier alpha value is -1.91. The van der Waals surface area contributed by atoms with Crippen LogP contribution in [0.4, 0.5) is 0 Å². The van der Waals surface area contributed by atoms with Crippen molar-refractivity contribution >= 4 is 16.7 Å². The Morgan fingerprint density at radius 3 is 3.33 bits per heavy atom. The first-order chi connectivity index (χ1) is 5.95. The highest BCUT2D eigenvalue weighted by atomic mass is 15.3. The summed E-state index contributed by atoms with van der Waals surface area (Å²) in [5.41, 5.74) is 1.71. The molecule has 0 aliphatic rings. The van der Waals surface area contributed by atoms with Crippen LogP contribution >= 0.6 is 0 Å². The van der Waals surface area contributed by atoms with Gasteiger partial charge in [-0.1, -0.05) is 0 Å². The van der Waals surface area contributed by atoms with Crippen molar-refractivity contribution in [2.24, 2.45) is 0 Å². The molecule has 0 saturated carbocycles. The van der Waals surface area contributed by atoms with Crippen LogP contribution in [0.15, 0.2) is 24.7 Å². The molecule has 5 nitrogen and oxygen atoms in total. The molecule has 58 valence electrons. The molecule has 3 heterocycles. The zero-order chi connectivity index (χ0) is 7.97. The molecule has 3 aromatic heterocycles. The molecule has 0 amide bonds. The molecule has 3 rings (SSSR count). The summed E-state index contributed by atoms with van der Waals surface area (Å²) in [5.74, 6) is 0. The van der Waals surface area contributed by atoms with Gasteiger partial charge in [0.2, 0.25) is 0 Å². The van der Waals surface area contributed by atoms with E-state index in [4.69, 9.17) is 0 Å². The van der Waals surface area contributed by atoms with Gasteiger partial charge in [0, 0.05) is 12.3 Å². The fourth-order valence-corrected chi connectivity index (χ4v) is 1.25. The Labute approximate surface area is 67.0 Å². The normalized spacial score (nSPS) is 11.3. The average molecular weight is 159 g/mol. The van der Waals surface area contributed by atoms with Crippen LogP contribution in [-0.2, 0) is 0 Å². The molecule has 0 radical (unpaired) electrons. The molecule has 0 aliphatic heterocycles. The number of hydrogen-bond acceptors (Lipinski definition) is 3. The van der Waals surface area contributed by atoms with Gasteiger partial charge >= 0.3 is 0 Å². The third-order valence-electron chi connectivity index (χ3n) is 1.82. The number of nitrogens with one attached hydrogen (secondary N) is 1. The molecular weight excluding hydrogens is 154 g/mol. The monoisotopic (exact) mass is 159 g/mol. The smallest absolute Gasteiger partial charge is 0.160 e. The highest BCUT2D eigenvalue weighted by Gasteiger charge is 2.01. The Kier molecular flexibility index (Phi) is 0.864. The molecule has 0 bridgehead atoms. The first-order valence-electron chi connectivity index (χ1n) is 3.57. The number of rotatable bonds is 0. The maximum absolute atomic E-state index is 4.18. The summed E-state index contributed by atoms with van der Waals surface area (Å²) in [6, 6.07) is 1.85. The fourth-order valence-electron chi connectivity index (χ4n) is 1.25. The highest BCUT2D eigenvalue weighted by molar-refractivity contribution is 5.75. The van der Waals surface area contributed by atoms with Crippen LogP contribution in [0.25, 0.3) is 16.7 Å². The summed E-state index contributed by atoms with van der Waals surface area (Å²) < 4.78 is 1.72. The molecule has 0 fully saturated rings. The van der Waals surface area contributed by atoms with E-state index in [1.165, 1.54) is 0 Å². The number of hydrogen-bond donors (Lipinski definition) is 1. The van der Waals surface area contributed by atoms with Gasteiger partial charge in [0.05, 0.1) is 17.8 Å². The topological polar surface area (TPSA) is 58.9 Å². The van der Waals surface area contributed by atoms with Crippen molar-refractivity contribution in [3.8, 4) is 0 Å². The summed E-state index contributed by atoms with van der Waals surface area (Å²) in [5, 5.41) is 11.8. The number of fused-ring (bicyclic) bond motifs is 3. The average Bonchev–Trinajstić information content (AvgIpc) is 2.71. The van der Waals surface area contributed by atoms with E-state index < -0.39 is 0 Å². The van der Waals surface area contributed by atoms with Gasteiger partial charge in [-0.25, -0.2) is 4.98 Å². The fraction of sp³-hybridized carbons (Fsp3) is 0. The van der Waals surface area contributed by atoms with Gasteiger partial charge in [-0.15, -0.1) is 0 Å². The summed E-state index contributed by atoms with van der Waals surface area (Å²) in [6.07, 6.45) is 5.21. The Bertz CT molecular complexity index is 485. The first kappa shape index (κ1) is 5.70. The molecule has 0 unspecified atom stereocenters. The number of aromatic nitrogens is 5. The third kappa shape index (κ3) is 0.554. The largest absolute Gasteiger partial charge is 0.261 e. The molecule has 1 N–H and O–H groups in total. The zero-order valence-electron chi connectivity index (χ0n) is 6.10. The van der Waals surface area contributed by atoms with Crippen LogP contribution in [0.1, 0.15) is 0 Å². The summed E-state index contributed by atoms with van der Waals surface area (Å²) in [7, 11) is 0. The lowest BCUT2D eigenvalue weighted by Gasteiger charge is -1.91. The van der Waals surface area contributed by atoms with E-state index in [1.54, 1.807) is 23.1 Å². The molecule has 0 aromatic carbocycles. The van der Waals surface area contributed by atoms with E-state index in [1.807, 2.05) is 6.07 Å². The zero-order valence-corrected chi connectivity index (χ0v) is 6.10. The molecule has 3 aromatic rings. The molecule has 5 heteroatoms. The van der Waals surface area contributed by atoms with E-state index in [-0.39, 0.29) is 0 Å². The van der Waals surface area contributed by atoms with Crippen molar-refractivity contribution in [1.29, 1.82) is 0 Å². The number of aromatic amines is 1. The third-order valence-corrected chi connectivity index (χ3v) is 1.82. The van der Waals surface area contributed by atoms with Crippen molar-refractivity contribution < 1.29 is 0 Å². The van der Waals surface area contributed by atoms with Crippen LogP contribution in [-0.4, -0.2) is 24.8 Å². The minimum Gasteiger partial charge on any atom is -0.261 e. The lowest BCUT2D eigenvalue weighted by atomic mass is 10.4. The van der Waals surface area contributed by atoms with E-state index in [0.717, 1.165) is 16.7 Å². The van der Waals surface area contributed by atoms with Gasteiger partial charge in [0.1, 0.15) is 0 Å². The van der Waals surface area contributed by atoms with Crippen LogP contribution in [0.2, 0.25) is 0 Å². The van der Waals surface area contributed by atoms with Gasteiger partial charge in [0.25, 0.3) is 0 Å². The van der Waals surface area contributed by atoms with Crippen molar-refractivity contribution in [2.45, 2.75) is 0 Å². The molecule has 0 aliphatic carbocycles. The molecular formula is C7H5N5.